The number of oxime groups is 1. The number of benzene rings is 1. The van der Waals surface area contributed by atoms with Crippen LogP contribution in [0.4, 0.5) is 0 Å². The second-order valence-electron chi connectivity index (χ2n) is 6.91. The van der Waals surface area contributed by atoms with E-state index in [1.807, 2.05) is 31.6 Å². The fraction of sp³-hybridized carbons (Fsp3) is 0.450. The lowest BCUT2D eigenvalue weighted by atomic mass is 9.99. The molecule has 2 heterocycles. The van der Waals surface area contributed by atoms with Crippen molar-refractivity contribution in [2.24, 2.45) is 5.16 Å². The normalized spacial score (nSPS) is 17.6. The van der Waals surface area contributed by atoms with Crippen LogP contribution in [0, 0.1) is 20.8 Å². The molecule has 1 amide bonds. The topological polar surface area (TPSA) is 68.5 Å². The van der Waals surface area contributed by atoms with Crippen molar-refractivity contribution >= 4 is 11.6 Å². The van der Waals surface area contributed by atoms with E-state index in [1.165, 1.54) is 11.1 Å². The van der Waals surface area contributed by atoms with Gasteiger partial charge in [-0.2, -0.15) is 5.10 Å². The lowest BCUT2D eigenvalue weighted by Gasteiger charge is -2.18. The predicted molar refractivity (Wildman–Crippen MR) is 101 cm³/mol. The minimum atomic E-state index is -0.595. The van der Waals surface area contributed by atoms with Crippen LogP contribution in [0.25, 0.3) is 0 Å². The molecule has 1 N–H and O–H groups in total. The molecule has 0 saturated carbocycles. The number of amides is 1. The van der Waals surface area contributed by atoms with Gasteiger partial charge >= 0.3 is 0 Å². The molecule has 1 aliphatic rings. The Morgan fingerprint density at radius 2 is 2.15 bits per heavy atom. The summed E-state index contributed by atoms with van der Waals surface area (Å²) in [6.45, 7) is 10.9. The van der Waals surface area contributed by atoms with Crippen LogP contribution in [0.5, 0.6) is 0 Å². The second-order valence-corrected chi connectivity index (χ2v) is 6.91. The Morgan fingerprint density at radius 3 is 2.81 bits per heavy atom. The lowest BCUT2D eigenvalue weighted by molar-refractivity contribution is -0.131. The van der Waals surface area contributed by atoms with Crippen molar-refractivity contribution in [1.29, 1.82) is 0 Å². The predicted octanol–water partition coefficient (Wildman–Crippen LogP) is 3.20. The van der Waals surface area contributed by atoms with Gasteiger partial charge < -0.3 is 10.2 Å². The van der Waals surface area contributed by atoms with E-state index in [1.54, 1.807) is 0 Å². The molecule has 0 fully saturated rings. The molecule has 6 heteroatoms. The average Bonchev–Trinajstić information content (AvgIpc) is 3.20. The largest absolute Gasteiger partial charge is 0.382 e. The molecule has 0 aliphatic carbocycles. The van der Waals surface area contributed by atoms with E-state index in [-0.39, 0.29) is 11.9 Å². The van der Waals surface area contributed by atoms with Crippen LogP contribution < -0.4 is 5.32 Å². The highest BCUT2D eigenvalue weighted by Crippen LogP contribution is 2.22. The van der Waals surface area contributed by atoms with Crippen molar-refractivity contribution in [3.8, 4) is 0 Å². The quantitative estimate of drug-likeness (QED) is 0.896. The van der Waals surface area contributed by atoms with Crippen LogP contribution in [0.3, 0.4) is 0 Å². The maximum Gasteiger partial charge on any atom is 0.264 e. The number of nitrogens with zero attached hydrogens (tertiary/aromatic N) is 3. The van der Waals surface area contributed by atoms with Crippen molar-refractivity contribution < 1.29 is 9.63 Å². The number of rotatable bonds is 5. The molecule has 2 unspecified atom stereocenters. The van der Waals surface area contributed by atoms with Gasteiger partial charge in [0, 0.05) is 24.7 Å². The van der Waals surface area contributed by atoms with Crippen LogP contribution in [-0.4, -0.2) is 27.5 Å². The van der Waals surface area contributed by atoms with Crippen LogP contribution in [0.2, 0.25) is 0 Å². The van der Waals surface area contributed by atoms with Gasteiger partial charge in [-0.3, -0.25) is 9.48 Å². The van der Waals surface area contributed by atoms with Gasteiger partial charge in [0.2, 0.25) is 6.10 Å². The molecule has 1 aromatic carbocycles. The van der Waals surface area contributed by atoms with Gasteiger partial charge in [0.1, 0.15) is 0 Å². The fourth-order valence-electron chi connectivity index (χ4n) is 3.34. The summed E-state index contributed by atoms with van der Waals surface area (Å²) in [5, 5.41) is 11.6. The highest BCUT2D eigenvalue weighted by molar-refractivity contribution is 6.04. The Bertz CT molecular complexity index is 853. The smallest absolute Gasteiger partial charge is 0.264 e. The number of aryl methyl sites for hydroxylation is 4. The summed E-state index contributed by atoms with van der Waals surface area (Å²) in [5.41, 5.74) is 6.13. The first-order valence-electron chi connectivity index (χ1n) is 9.03. The maximum atomic E-state index is 12.6. The average molecular weight is 354 g/mol. The molecule has 6 nitrogen and oxygen atoms in total. The summed E-state index contributed by atoms with van der Waals surface area (Å²) in [4.78, 5) is 18.0. The Morgan fingerprint density at radius 1 is 1.38 bits per heavy atom. The minimum absolute atomic E-state index is 0.0830. The first-order valence-corrected chi connectivity index (χ1v) is 9.03. The van der Waals surface area contributed by atoms with E-state index in [4.69, 9.17) is 4.84 Å². The van der Waals surface area contributed by atoms with Gasteiger partial charge in [0.25, 0.3) is 5.91 Å². The van der Waals surface area contributed by atoms with Crippen molar-refractivity contribution in [3.05, 3.63) is 52.3 Å². The third-order valence-electron chi connectivity index (χ3n) is 4.79. The summed E-state index contributed by atoms with van der Waals surface area (Å²) in [5.74, 6) is -0.142. The second kappa shape index (κ2) is 7.32. The number of hydrogen-bond donors (Lipinski definition) is 1. The van der Waals surface area contributed by atoms with E-state index in [0.717, 1.165) is 29.1 Å². The van der Waals surface area contributed by atoms with Crippen LogP contribution in [0.15, 0.2) is 29.6 Å². The van der Waals surface area contributed by atoms with E-state index in [0.29, 0.717) is 6.42 Å². The van der Waals surface area contributed by atoms with Crippen LogP contribution in [-0.2, 0) is 16.2 Å². The standard InChI is InChI=1S/C20H26N4O2/c1-6-24-11-17(15(5)22-24)18-10-19(26-23-18)20(25)21-14(4)16-8-7-12(2)9-13(16)3/h7-9,11,14,19H,6,10H2,1-5H3,(H,21,25). The van der Waals surface area contributed by atoms with E-state index in [2.05, 4.69) is 47.6 Å². The molecule has 0 radical (unpaired) electrons. The molecule has 2 aromatic rings. The summed E-state index contributed by atoms with van der Waals surface area (Å²) in [7, 11) is 0. The molecule has 1 aliphatic heterocycles. The Kier molecular flexibility index (Phi) is 5.11. The third kappa shape index (κ3) is 3.64. The molecule has 138 valence electrons. The third-order valence-corrected chi connectivity index (χ3v) is 4.79. The van der Waals surface area contributed by atoms with Gasteiger partial charge in [-0.05, 0) is 45.7 Å². The summed E-state index contributed by atoms with van der Waals surface area (Å²) in [6, 6.07) is 6.17. The zero-order chi connectivity index (χ0) is 18.8. The molecule has 26 heavy (non-hydrogen) atoms. The van der Waals surface area contributed by atoms with Crippen molar-refractivity contribution in [1.82, 2.24) is 15.1 Å². The van der Waals surface area contributed by atoms with Crippen molar-refractivity contribution in [2.45, 2.75) is 59.7 Å². The van der Waals surface area contributed by atoms with Gasteiger partial charge in [-0.15, -0.1) is 0 Å². The van der Waals surface area contributed by atoms with Gasteiger partial charge in [-0.1, -0.05) is 28.9 Å². The molecule has 2 atom stereocenters. The molecule has 0 spiro atoms. The monoisotopic (exact) mass is 354 g/mol. The first kappa shape index (κ1) is 18.2. The fourth-order valence-corrected chi connectivity index (χ4v) is 3.34. The highest BCUT2D eigenvalue weighted by Gasteiger charge is 2.31. The maximum absolute atomic E-state index is 12.6. The number of carbonyl (C=O) groups is 1. The van der Waals surface area contributed by atoms with Gasteiger partial charge in [0.05, 0.1) is 17.4 Å². The summed E-state index contributed by atoms with van der Waals surface area (Å²) >= 11 is 0. The Labute approximate surface area is 154 Å². The number of nitrogens with one attached hydrogen (secondary N) is 1. The van der Waals surface area contributed by atoms with E-state index in [9.17, 15) is 4.79 Å². The van der Waals surface area contributed by atoms with Crippen LogP contribution >= 0.6 is 0 Å². The number of aromatic nitrogens is 2. The highest BCUT2D eigenvalue weighted by atomic mass is 16.6. The lowest BCUT2D eigenvalue weighted by Crippen LogP contribution is -2.36. The van der Waals surface area contributed by atoms with E-state index < -0.39 is 6.10 Å². The van der Waals surface area contributed by atoms with Gasteiger partial charge in [0.15, 0.2) is 0 Å². The van der Waals surface area contributed by atoms with Gasteiger partial charge in [-0.25, -0.2) is 0 Å². The molecule has 0 saturated heterocycles. The Balaban J connectivity index is 1.64. The number of carbonyl (C=O) groups excluding carboxylic acids is 1. The molecule has 0 bridgehead atoms. The number of hydrogen-bond acceptors (Lipinski definition) is 4. The molecule has 1 aromatic heterocycles. The molecule has 3 rings (SSSR count). The first-order chi connectivity index (χ1) is 12.4. The Hall–Kier alpha value is -2.63. The van der Waals surface area contributed by atoms with Crippen molar-refractivity contribution in [2.75, 3.05) is 0 Å². The minimum Gasteiger partial charge on any atom is -0.382 e. The van der Waals surface area contributed by atoms with E-state index >= 15 is 0 Å². The zero-order valence-electron chi connectivity index (χ0n) is 16.0. The SMILES string of the molecule is CCn1cc(C2=NOC(C(=O)NC(C)c3ccc(C)cc3C)C2)c(C)n1. The molecular weight excluding hydrogens is 328 g/mol. The summed E-state index contributed by atoms with van der Waals surface area (Å²) < 4.78 is 1.86. The summed E-state index contributed by atoms with van der Waals surface area (Å²) in [6.07, 6.45) is 1.82. The zero-order valence-corrected chi connectivity index (χ0v) is 16.0. The molecular formula is C20H26N4O2. The van der Waals surface area contributed by atoms with Crippen LogP contribution in [0.1, 0.15) is 54.3 Å². The van der Waals surface area contributed by atoms with Crippen molar-refractivity contribution in [3.63, 3.8) is 0 Å².